The second-order valence-electron chi connectivity index (χ2n) is 3.74. The summed E-state index contributed by atoms with van der Waals surface area (Å²) in [4.78, 5) is 8.90. The van der Waals surface area contributed by atoms with Crippen LogP contribution in [0.5, 0.6) is 5.75 Å². The van der Waals surface area contributed by atoms with E-state index < -0.39 is 12.1 Å². The fourth-order valence-electron chi connectivity index (χ4n) is 1.21. The van der Waals surface area contributed by atoms with Crippen molar-refractivity contribution in [1.82, 2.24) is 10.2 Å². The second kappa shape index (κ2) is 7.41. The Morgan fingerprint density at radius 3 is 2.50 bits per heavy atom. The molecule has 0 aliphatic carbocycles. The van der Waals surface area contributed by atoms with Crippen LogP contribution in [0.15, 0.2) is 28.7 Å². The summed E-state index contributed by atoms with van der Waals surface area (Å²) in [7, 11) is 1.61. The highest BCUT2D eigenvalue weighted by molar-refractivity contribution is 5.73. The molecule has 0 saturated carbocycles. The highest BCUT2D eigenvalue weighted by Crippen LogP contribution is 2.22. The van der Waals surface area contributed by atoms with Gasteiger partial charge < -0.3 is 20.0 Å². The number of ether oxygens (including phenoxy) is 1. The molecule has 22 heavy (non-hydrogen) atoms. The highest BCUT2D eigenvalue weighted by Gasteiger charge is 2.38. The number of nitrogens with zero attached hydrogens (tertiary/aromatic N) is 2. The number of aliphatic carboxylic acids is 1. The van der Waals surface area contributed by atoms with Crippen molar-refractivity contribution < 1.29 is 32.2 Å². The van der Waals surface area contributed by atoms with Crippen molar-refractivity contribution in [3.63, 3.8) is 0 Å². The van der Waals surface area contributed by atoms with Crippen LogP contribution < -0.4 is 10.5 Å². The molecular weight excluding hydrogens is 307 g/mol. The van der Waals surface area contributed by atoms with Gasteiger partial charge in [0.2, 0.25) is 11.8 Å². The van der Waals surface area contributed by atoms with Crippen LogP contribution in [0.2, 0.25) is 0 Å². The standard InChI is InChI=1S/C10H11N3O2.C2HF3O2/c1-14-8-4-2-3-7(5-8)10-13-12-9(6-11)15-10;3-2(4,5)1(6)7/h2-5H,6,11H2,1H3;(H,6,7). The first-order valence-corrected chi connectivity index (χ1v) is 5.75. The molecule has 1 heterocycles. The van der Waals surface area contributed by atoms with E-state index in [1.807, 2.05) is 24.3 Å². The number of rotatable bonds is 3. The van der Waals surface area contributed by atoms with Gasteiger partial charge in [0.15, 0.2) is 0 Å². The monoisotopic (exact) mass is 319 g/mol. The summed E-state index contributed by atoms with van der Waals surface area (Å²) in [6.07, 6.45) is -5.08. The van der Waals surface area contributed by atoms with Gasteiger partial charge >= 0.3 is 12.1 Å². The number of aromatic nitrogens is 2. The molecule has 1 aromatic heterocycles. The molecule has 0 fully saturated rings. The summed E-state index contributed by atoms with van der Waals surface area (Å²) >= 11 is 0. The van der Waals surface area contributed by atoms with Crippen LogP contribution >= 0.6 is 0 Å². The minimum Gasteiger partial charge on any atom is -0.497 e. The summed E-state index contributed by atoms with van der Waals surface area (Å²) in [6, 6.07) is 7.41. The smallest absolute Gasteiger partial charge is 0.490 e. The van der Waals surface area contributed by atoms with E-state index in [4.69, 9.17) is 24.8 Å². The normalized spacial score (nSPS) is 10.6. The number of hydrogen-bond acceptors (Lipinski definition) is 6. The van der Waals surface area contributed by atoms with Crippen LogP contribution in [0, 0.1) is 0 Å². The molecule has 7 nitrogen and oxygen atoms in total. The lowest BCUT2D eigenvalue weighted by Gasteiger charge is -1.99. The summed E-state index contributed by atoms with van der Waals surface area (Å²) in [5.74, 6) is -1.13. The van der Waals surface area contributed by atoms with Crippen molar-refractivity contribution in [3.8, 4) is 17.2 Å². The molecule has 0 spiro atoms. The molecule has 0 aliphatic rings. The van der Waals surface area contributed by atoms with E-state index in [9.17, 15) is 13.2 Å². The molecule has 120 valence electrons. The molecule has 0 saturated heterocycles. The van der Waals surface area contributed by atoms with Crippen LogP contribution in [0.25, 0.3) is 11.5 Å². The van der Waals surface area contributed by atoms with Crippen molar-refractivity contribution in [2.75, 3.05) is 7.11 Å². The Morgan fingerprint density at radius 1 is 1.41 bits per heavy atom. The van der Waals surface area contributed by atoms with Gasteiger partial charge in [-0.1, -0.05) is 6.07 Å². The molecule has 2 aromatic rings. The van der Waals surface area contributed by atoms with Gasteiger partial charge in [-0.05, 0) is 18.2 Å². The minimum absolute atomic E-state index is 0.247. The number of methoxy groups -OCH3 is 1. The largest absolute Gasteiger partial charge is 0.497 e. The number of carbonyl (C=O) groups is 1. The molecule has 0 aliphatic heterocycles. The molecule has 0 unspecified atom stereocenters. The molecule has 3 N–H and O–H groups in total. The third kappa shape index (κ3) is 5.05. The van der Waals surface area contributed by atoms with Crippen molar-refractivity contribution in [2.45, 2.75) is 12.7 Å². The SMILES string of the molecule is COc1cccc(-c2nnc(CN)o2)c1.O=C(O)C(F)(F)F. The van der Waals surface area contributed by atoms with E-state index in [1.54, 1.807) is 7.11 Å². The van der Waals surface area contributed by atoms with E-state index in [0.717, 1.165) is 11.3 Å². The quantitative estimate of drug-likeness (QED) is 0.887. The molecule has 0 radical (unpaired) electrons. The Kier molecular flexibility index (Phi) is 5.87. The van der Waals surface area contributed by atoms with Crippen molar-refractivity contribution in [3.05, 3.63) is 30.2 Å². The first-order chi connectivity index (χ1) is 10.3. The van der Waals surface area contributed by atoms with Crippen LogP contribution in [0.1, 0.15) is 5.89 Å². The van der Waals surface area contributed by atoms with E-state index in [-0.39, 0.29) is 6.54 Å². The average molecular weight is 319 g/mol. The molecule has 1 aromatic carbocycles. The van der Waals surface area contributed by atoms with Gasteiger partial charge in [-0.25, -0.2) is 4.79 Å². The van der Waals surface area contributed by atoms with Crippen LogP contribution in [-0.4, -0.2) is 34.6 Å². The fraction of sp³-hybridized carbons (Fsp3) is 0.250. The van der Waals surface area contributed by atoms with Gasteiger partial charge in [0.05, 0.1) is 13.7 Å². The molecule has 10 heteroatoms. The van der Waals surface area contributed by atoms with Crippen LogP contribution in [0.4, 0.5) is 13.2 Å². The zero-order valence-electron chi connectivity index (χ0n) is 11.3. The Bertz CT molecular complexity index is 628. The van der Waals surface area contributed by atoms with Gasteiger partial charge in [-0.15, -0.1) is 10.2 Å². The lowest BCUT2D eigenvalue weighted by Crippen LogP contribution is -2.21. The van der Waals surface area contributed by atoms with Gasteiger partial charge in [0.25, 0.3) is 0 Å². The van der Waals surface area contributed by atoms with E-state index in [0.29, 0.717) is 11.8 Å². The number of nitrogens with two attached hydrogens (primary N) is 1. The maximum Gasteiger partial charge on any atom is 0.490 e. The van der Waals surface area contributed by atoms with Gasteiger partial charge in [-0.2, -0.15) is 13.2 Å². The maximum atomic E-state index is 10.6. The summed E-state index contributed by atoms with van der Waals surface area (Å²) in [6.45, 7) is 0.247. The van der Waals surface area contributed by atoms with Crippen LogP contribution in [-0.2, 0) is 11.3 Å². The summed E-state index contributed by atoms with van der Waals surface area (Å²) in [5.41, 5.74) is 6.20. The Hall–Kier alpha value is -2.62. The van der Waals surface area contributed by atoms with E-state index in [1.165, 1.54) is 0 Å². The van der Waals surface area contributed by atoms with Gasteiger partial charge in [-0.3, -0.25) is 0 Å². The average Bonchev–Trinajstić information content (AvgIpc) is 2.96. The third-order valence-electron chi connectivity index (χ3n) is 2.20. The highest BCUT2D eigenvalue weighted by atomic mass is 19.4. The Labute approximate surface area is 122 Å². The number of halogens is 3. The number of alkyl halides is 3. The second-order valence-corrected chi connectivity index (χ2v) is 3.74. The predicted molar refractivity (Wildman–Crippen MR) is 67.9 cm³/mol. The van der Waals surface area contributed by atoms with Crippen molar-refractivity contribution in [1.29, 1.82) is 0 Å². The fourth-order valence-corrected chi connectivity index (χ4v) is 1.21. The minimum atomic E-state index is -5.08. The zero-order chi connectivity index (χ0) is 16.8. The summed E-state index contributed by atoms with van der Waals surface area (Å²) in [5, 5.41) is 14.8. The first kappa shape index (κ1) is 17.4. The van der Waals surface area contributed by atoms with Crippen molar-refractivity contribution >= 4 is 5.97 Å². The van der Waals surface area contributed by atoms with Crippen LogP contribution in [0.3, 0.4) is 0 Å². The van der Waals surface area contributed by atoms with Gasteiger partial charge in [0.1, 0.15) is 5.75 Å². The maximum absolute atomic E-state index is 10.6. The Balaban J connectivity index is 0.000000295. The molecule has 2 rings (SSSR count). The van der Waals surface area contributed by atoms with Crippen molar-refractivity contribution in [2.24, 2.45) is 5.73 Å². The van der Waals surface area contributed by atoms with E-state index >= 15 is 0 Å². The Morgan fingerprint density at radius 2 is 2.05 bits per heavy atom. The van der Waals surface area contributed by atoms with E-state index in [2.05, 4.69) is 10.2 Å². The molecule has 0 atom stereocenters. The summed E-state index contributed by atoms with van der Waals surface area (Å²) < 4.78 is 42.1. The number of hydrogen-bond donors (Lipinski definition) is 2. The van der Waals surface area contributed by atoms with Gasteiger partial charge in [0, 0.05) is 5.56 Å². The lowest BCUT2D eigenvalue weighted by molar-refractivity contribution is -0.192. The molecule has 0 bridgehead atoms. The number of benzene rings is 1. The number of carboxylic acid groups (broad SMARTS) is 1. The molecular formula is C12H12F3N3O4. The predicted octanol–water partition coefficient (Wildman–Crippen LogP) is 1.84. The third-order valence-corrected chi connectivity index (χ3v) is 2.20. The first-order valence-electron chi connectivity index (χ1n) is 5.75. The molecule has 0 amide bonds. The zero-order valence-corrected chi connectivity index (χ0v) is 11.3. The number of carboxylic acids is 1. The topological polar surface area (TPSA) is 111 Å². The lowest BCUT2D eigenvalue weighted by atomic mass is 10.2.